The molecule has 4 aromatic rings. The Hall–Kier alpha value is -2.42. The molecule has 0 N–H and O–H groups in total. The third-order valence-corrected chi connectivity index (χ3v) is 5.79. The van der Waals surface area contributed by atoms with Gasteiger partial charge in [-0.2, -0.15) is 4.98 Å². The van der Waals surface area contributed by atoms with E-state index in [0.717, 1.165) is 4.88 Å². The van der Waals surface area contributed by atoms with Crippen molar-refractivity contribution >= 4 is 45.6 Å². The molecule has 0 aliphatic rings. The van der Waals surface area contributed by atoms with Gasteiger partial charge in [0.05, 0.1) is 21.5 Å². The van der Waals surface area contributed by atoms with E-state index < -0.39 is 0 Å². The fourth-order valence-corrected chi connectivity index (χ4v) is 4.18. The molecule has 3 aromatic heterocycles. The van der Waals surface area contributed by atoms with Crippen LogP contribution in [0.4, 0.5) is 0 Å². The molecule has 4 rings (SSSR count). The molecule has 0 spiro atoms. The Morgan fingerprint density at radius 3 is 3.00 bits per heavy atom. The minimum absolute atomic E-state index is 0.135. The van der Waals surface area contributed by atoms with Crippen LogP contribution in [0.3, 0.4) is 0 Å². The Balaban J connectivity index is 1.65. The maximum absolute atomic E-state index is 12.8. The summed E-state index contributed by atoms with van der Waals surface area (Å²) in [6.45, 7) is 4.08. The van der Waals surface area contributed by atoms with E-state index in [0.29, 0.717) is 45.1 Å². The van der Waals surface area contributed by atoms with Crippen LogP contribution >= 0.6 is 34.7 Å². The number of thioether (sulfide) groups is 1. The van der Waals surface area contributed by atoms with Gasteiger partial charge in [0.2, 0.25) is 11.7 Å². The lowest BCUT2D eigenvalue weighted by atomic mass is 10.2. The van der Waals surface area contributed by atoms with Gasteiger partial charge in [-0.1, -0.05) is 40.7 Å². The Kier molecular flexibility index (Phi) is 5.11. The lowest BCUT2D eigenvalue weighted by molar-refractivity contribution is 0.391. The molecule has 0 bridgehead atoms. The molecule has 1 aromatic carbocycles. The Bertz CT molecular complexity index is 1170. The van der Waals surface area contributed by atoms with Crippen LogP contribution in [-0.4, -0.2) is 19.7 Å². The first-order valence-electron chi connectivity index (χ1n) is 7.96. The van der Waals surface area contributed by atoms with E-state index in [2.05, 4.69) is 21.7 Å². The third-order valence-electron chi connectivity index (χ3n) is 3.73. The van der Waals surface area contributed by atoms with Crippen LogP contribution in [0, 0.1) is 0 Å². The quantitative estimate of drug-likeness (QED) is 0.259. The van der Waals surface area contributed by atoms with E-state index in [9.17, 15) is 4.79 Å². The topological polar surface area (TPSA) is 73.8 Å². The minimum Gasteiger partial charge on any atom is -0.338 e. The highest BCUT2D eigenvalue weighted by Crippen LogP contribution is 2.25. The van der Waals surface area contributed by atoms with Crippen LogP contribution in [-0.2, 0) is 12.3 Å². The number of hydrogen-bond donors (Lipinski definition) is 0. The summed E-state index contributed by atoms with van der Waals surface area (Å²) in [4.78, 5) is 22.7. The average Bonchev–Trinajstić information content (AvgIpc) is 3.34. The first-order chi connectivity index (χ1) is 13.2. The molecule has 6 nitrogen and oxygen atoms in total. The van der Waals surface area contributed by atoms with E-state index in [-0.39, 0.29) is 5.56 Å². The molecule has 9 heteroatoms. The van der Waals surface area contributed by atoms with E-state index in [1.165, 1.54) is 11.8 Å². The highest BCUT2D eigenvalue weighted by atomic mass is 35.5. The maximum atomic E-state index is 12.8. The summed E-state index contributed by atoms with van der Waals surface area (Å²) in [6, 6.07) is 8.92. The molecular formula is C18H13ClN4O2S2. The molecule has 3 heterocycles. The van der Waals surface area contributed by atoms with E-state index in [1.54, 1.807) is 40.2 Å². The largest absolute Gasteiger partial charge is 0.338 e. The van der Waals surface area contributed by atoms with Gasteiger partial charge in [0.1, 0.15) is 0 Å². The van der Waals surface area contributed by atoms with Gasteiger partial charge in [-0.3, -0.25) is 9.36 Å². The molecule has 0 aliphatic carbocycles. The smallest absolute Gasteiger partial charge is 0.262 e. The van der Waals surface area contributed by atoms with Gasteiger partial charge in [-0.05, 0) is 29.6 Å². The summed E-state index contributed by atoms with van der Waals surface area (Å²) in [6.07, 6.45) is 1.66. The number of allylic oxidation sites excluding steroid dienone is 1. The van der Waals surface area contributed by atoms with Crippen LogP contribution in [0.5, 0.6) is 0 Å². The van der Waals surface area contributed by atoms with E-state index in [1.807, 2.05) is 17.5 Å². The van der Waals surface area contributed by atoms with Crippen LogP contribution < -0.4 is 5.56 Å². The van der Waals surface area contributed by atoms with Crippen molar-refractivity contribution in [3.05, 3.63) is 69.6 Å². The van der Waals surface area contributed by atoms with Crippen LogP contribution in [0.15, 0.2) is 62.8 Å². The summed E-state index contributed by atoms with van der Waals surface area (Å²) >= 11 is 8.94. The summed E-state index contributed by atoms with van der Waals surface area (Å²) in [5.41, 5.74) is 0.420. The number of nitrogens with zero attached hydrogens (tertiary/aromatic N) is 4. The predicted octanol–water partition coefficient (Wildman–Crippen LogP) is 4.64. The van der Waals surface area contributed by atoms with Gasteiger partial charge in [-0.15, -0.1) is 17.9 Å². The fraction of sp³-hybridized carbons (Fsp3) is 0.111. The summed E-state index contributed by atoms with van der Waals surface area (Å²) in [5, 5.41) is 7.55. The molecule has 0 aliphatic heterocycles. The molecule has 0 radical (unpaired) electrons. The highest BCUT2D eigenvalue weighted by molar-refractivity contribution is 7.98. The summed E-state index contributed by atoms with van der Waals surface area (Å²) < 4.78 is 6.89. The molecular weight excluding hydrogens is 404 g/mol. The number of halogens is 1. The zero-order chi connectivity index (χ0) is 18.8. The zero-order valence-electron chi connectivity index (χ0n) is 14.0. The molecule has 0 amide bonds. The van der Waals surface area contributed by atoms with E-state index in [4.69, 9.17) is 16.1 Å². The normalized spacial score (nSPS) is 11.1. The van der Waals surface area contributed by atoms with Gasteiger partial charge in [0.15, 0.2) is 5.16 Å². The van der Waals surface area contributed by atoms with Crippen molar-refractivity contribution in [3.63, 3.8) is 0 Å². The first-order valence-corrected chi connectivity index (χ1v) is 10.2. The van der Waals surface area contributed by atoms with Crippen LogP contribution in [0.2, 0.25) is 5.02 Å². The van der Waals surface area contributed by atoms with Crippen LogP contribution in [0.1, 0.15) is 5.89 Å². The Morgan fingerprint density at radius 2 is 2.22 bits per heavy atom. The van der Waals surface area contributed by atoms with Crippen molar-refractivity contribution in [3.8, 4) is 10.7 Å². The van der Waals surface area contributed by atoms with Gasteiger partial charge in [0, 0.05) is 11.6 Å². The number of hydrogen-bond acceptors (Lipinski definition) is 7. The van der Waals surface area contributed by atoms with Crippen molar-refractivity contribution < 1.29 is 4.52 Å². The molecule has 0 saturated heterocycles. The zero-order valence-corrected chi connectivity index (χ0v) is 16.4. The summed E-state index contributed by atoms with van der Waals surface area (Å²) in [5.74, 6) is 1.42. The monoisotopic (exact) mass is 416 g/mol. The number of rotatable bonds is 6. The lowest BCUT2D eigenvalue weighted by Gasteiger charge is -2.10. The molecule has 0 atom stereocenters. The van der Waals surface area contributed by atoms with Crippen molar-refractivity contribution in [2.24, 2.45) is 0 Å². The predicted molar refractivity (Wildman–Crippen MR) is 108 cm³/mol. The first kappa shape index (κ1) is 18.0. The van der Waals surface area contributed by atoms with Crippen molar-refractivity contribution in [2.45, 2.75) is 17.5 Å². The lowest BCUT2D eigenvalue weighted by Crippen LogP contribution is -2.22. The molecule has 0 fully saturated rings. The number of thiophene rings is 1. The molecule has 0 unspecified atom stereocenters. The Labute approximate surface area is 167 Å². The highest BCUT2D eigenvalue weighted by Gasteiger charge is 2.14. The number of fused-ring (bicyclic) bond motifs is 1. The third kappa shape index (κ3) is 3.69. The minimum atomic E-state index is -0.135. The van der Waals surface area contributed by atoms with Gasteiger partial charge >= 0.3 is 0 Å². The second-order valence-electron chi connectivity index (χ2n) is 5.54. The Morgan fingerprint density at radius 1 is 1.33 bits per heavy atom. The SMILES string of the molecule is C=CCn1c(SCc2nc(-c3cccs3)no2)nc2cc(Cl)ccc2c1=O. The van der Waals surface area contributed by atoms with E-state index >= 15 is 0 Å². The summed E-state index contributed by atoms with van der Waals surface area (Å²) in [7, 11) is 0. The number of benzene rings is 1. The maximum Gasteiger partial charge on any atom is 0.262 e. The standard InChI is InChI=1S/C18H13ClN4O2S2/c1-2-7-23-17(24)12-6-5-11(19)9-13(12)20-18(23)27-10-15-21-16(22-25-15)14-4-3-8-26-14/h2-6,8-9H,1,7,10H2. The van der Waals surface area contributed by atoms with Gasteiger partial charge in [-0.25, -0.2) is 4.98 Å². The van der Waals surface area contributed by atoms with Gasteiger partial charge < -0.3 is 4.52 Å². The molecule has 0 saturated carbocycles. The second kappa shape index (κ2) is 7.67. The second-order valence-corrected chi connectivity index (χ2v) is 7.86. The molecule has 27 heavy (non-hydrogen) atoms. The number of aromatic nitrogens is 4. The van der Waals surface area contributed by atoms with Crippen molar-refractivity contribution in [1.29, 1.82) is 0 Å². The average molecular weight is 417 g/mol. The fourth-order valence-electron chi connectivity index (χ4n) is 2.52. The van der Waals surface area contributed by atoms with Crippen LogP contribution in [0.25, 0.3) is 21.6 Å². The van der Waals surface area contributed by atoms with Crippen molar-refractivity contribution in [1.82, 2.24) is 19.7 Å². The molecule has 136 valence electrons. The van der Waals surface area contributed by atoms with Crippen molar-refractivity contribution in [2.75, 3.05) is 0 Å². The van der Waals surface area contributed by atoms with Gasteiger partial charge in [0.25, 0.3) is 5.56 Å².